The van der Waals surface area contributed by atoms with Gasteiger partial charge in [-0.2, -0.15) is 0 Å². The number of aromatic nitrogens is 1. The maximum atomic E-state index is 10.3. The molecule has 0 fully saturated rings. The molecule has 6 heteroatoms. The van der Waals surface area contributed by atoms with Crippen LogP contribution in [0.5, 0.6) is 5.88 Å². The number of aryl methyl sites for hydroxylation is 1. The molecule has 1 aliphatic carbocycles. The van der Waals surface area contributed by atoms with Gasteiger partial charge < -0.3 is 20.3 Å². The maximum Gasteiger partial charge on any atom is 0.404 e. The fraction of sp³-hybridized carbons (Fsp3) is 0.538. The Morgan fingerprint density at radius 3 is 3.05 bits per heavy atom. The lowest BCUT2D eigenvalue weighted by Crippen LogP contribution is -2.26. The van der Waals surface area contributed by atoms with E-state index < -0.39 is 6.09 Å². The zero-order valence-electron chi connectivity index (χ0n) is 10.8. The molecule has 0 aromatic carbocycles. The highest BCUT2D eigenvalue weighted by molar-refractivity contribution is 5.64. The lowest BCUT2D eigenvalue weighted by atomic mass is 10.1. The molecule has 6 nitrogen and oxygen atoms in total. The summed E-state index contributed by atoms with van der Waals surface area (Å²) in [5, 5.41) is 19.9. The van der Waals surface area contributed by atoms with Gasteiger partial charge >= 0.3 is 6.09 Å². The van der Waals surface area contributed by atoms with Gasteiger partial charge in [-0.1, -0.05) is 0 Å². The highest BCUT2D eigenvalue weighted by Gasteiger charge is 2.23. The summed E-state index contributed by atoms with van der Waals surface area (Å²) in [6.07, 6.45) is 0.650. The molecular formula is C13H18N2O4. The summed E-state index contributed by atoms with van der Waals surface area (Å²) in [4.78, 5) is 14.6. The van der Waals surface area contributed by atoms with Crippen LogP contribution in [0.3, 0.4) is 0 Å². The lowest BCUT2D eigenvalue weighted by Gasteiger charge is -2.09. The molecular weight excluding hydrogens is 248 g/mol. The van der Waals surface area contributed by atoms with Crippen molar-refractivity contribution in [3.63, 3.8) is 0 Å². The van der Waals surface area contributed by atoms with Crippen molar-refractivity contribution in [2.24, 2.45) is 5.92 Å². The summed E-state index contributed by atoms with van der Waals surface area (Å²) in [5.41, 5.74) is 3.30. The first-order valence-electron chi connectivity index (χ1n) is 6.30. The summed E-state index contributed by atoms with van der Waals surface area (Å²) in [6.45, 7) is 2.60. The van der Waals surface area contributed by atoms with Gasteiger partial charge in [0.2, 0.25) is 5.88 Å². The van der Waals surface area contributed by atoms with Crippen LogP contribution < -0.4 is 10.1 Å². The van der Waals surface area contributed by atoms with E-state index in [0.29, 0.717) is 5.88 Å². The zero-order valence-corrected chi connectivity index (χ0v) is 10.8. The van der Waals surface area contributed by atoms with E-state index in [1.165, 1.54) is 11.1 Å². The summed E-state index contributed by atoms with van der Waals surface area (Å²) < 4.78 is 5.43. The number of carbonyl (C=O) groups is 1. The summed E-state index contributed by atoms with van der Waals surface area (Å²) >= 11 is 0. The standard InChI is InChI=1S/C13H18N2O4/c1-8-11-5-9(7-16)4-10(11)6-12(15-8)19-3-2-14-13(17)18/h6,9,14,16H,2-5,7H2,1H3,(H,17,18). The summed E-state index contributed by atoms with van der Waals surface area (Å²) in [6, 6.07) is 1.89. The Hall–Kier alpha value is -1.82. The van der Waals surface area contributed by atoms with Crippen LogP contribution in [0.15, 0.2) is 6.07 Å². The number of aliphatic hydroxyl groups excluding tert-OH is 1. The van der Waals surface area contributed by atoms with Crippen LogP contribution in [0.1, 0.15) is 16.8 Å². The Morgan fingerprint density at radius 1 is 1.58 bits per heavy atom. The fourth-order valence-electron chi connectivity index (χ4n) is 2.38. The predicted molar refractivity (Wildman–Crippen MR) is 68.5 cm³/mol. The number of carboxylic acid groups (broad SMARTS) is 1. The number of hydrogen-bond acceptors (Lipinski definition) is 4. The predicted octanol–water partition coefficient (Wildman–Crippen LogP) is 0.744. The van der Waals surface area contributed by atoms with E-state index in [0.717, 1.165) is 18.5 Å². The van der Waals surface area contributed by atoms with Crippen LogP contribution in [0.2, 0.25) is 0 Å². The second-order valence-corrected chi connectivity index (χ2v) is 4.72. The molecule has 19 heavy (non-hydrogen) atoms. The first-order valence-corrected chi connectivity index (χ1v) is 6.30. The molecule has 0 aliphatic heterocycles. The molecule has 0 saturated carbocycles. The Kier molecular flexibility index (Phi) is 4.21. The van der Waals surface area contributed by atoms with Gasteiger partial charge in [0, 0.05) is 18.4 Å². The van der Waals surface area contributed by atoms with E-state index in [1.54, 1.807) is 0 Å². The Morgan fingerprint density at radius 2 is 2.37 bits per heavy atom. The van der Waals surface area contributed by atoms with E-state index in [2.05, 4.69) is 10.3 Å². The quantitative estimate of drug-likeness (QED) is 0.684. The number of rotatable bonds is 5. The van der Waals surface area contributed by atoms with Gasteiger partial charge in [0.25, 0.3) is 0 Å². The van der Waals surface area contributed by atoms with Crippen LogP contribution in [-0.2, 0) is 12.8 Å². The smallest absolute Gasteiger partial charge is 0.404 e. The van der Waals surface area contributed by atoms with Crippen LogP contribution in [0.4, 0.5) is 4.79 Å². The molecule has 1 atom stereocenters. The third-order valence-corrected chi connectivity index (χ3v) is 3.29. The Labute approximate surface area is 111 Å². The normalized spacial score (nSPS) is 17.1. The van der Waals surface area contributed by atoms with Crippen molar-refractivity contribution in [1.82, 2.24) is 10.3 Å². The second-order valence-electron chi connectivity index (χ2n) is 4.72. The molecule has 1 amide bonds. The Balaban J connectivity index is 1.97. The molecule has 1 aromatic heterocycles. The van der Waals surface area contributed by atoms with Gasteiger partial charge in [-0.05, 0) is 36.8 Å². The Bertz CT molecular complexity index is 476. The lowest BCUT2D eigenvalue weighted by molar-refractivity contribution is 0.190. The molecule has 1 aliphatic rings. The maximum absolute atomic E-state index is 10.3. The number of aliphatic hydroxyl groups is 1. The van der Waals surface area contributed by atoms with Crippen molar-refractivity contribution in [2.45, 2.75) is 19.8 Å². The molecule has 0 saturated heterocycles. The number of ether oxygens (including phenoxy) is 1. The number of amides is 1. The monoisotopic (exact) mass is 266 g/mol. The molecule has 0 bridgehead atoms. The van der Waals surface area contributed by atoms with Crippen molar-refractivity contribution < 1.29 is 19.7 Å². The van der Waals surface area contributed by atoms with Crippen molar-refractivity contribution in [3.05, 3.63) is 22.9 Å². The summed E-state index contributed by atoms with van der Waals surface area (Å²) in [7, 11) is 0. The van der Waals surface area contributed by atoms with Crippen LogP contribution in [-0.4, -0.2) is 41.0 Å². The molecule has 3 N–H and O–H groups in total. The SMILES string of the molecule is Cc1nc(OCCNC(=O)O)cc2c1CC(CO)C2. The minimum absolute atomic E-state index is 0.187. The second kappa shape index (κ2) is 5.88. The fourth-order valence-corrected chi connectivity index (χ4v) is 2.38. The van der Waals surface area contributed by atoms with Gasteiger partial charge in [0.15, 0.2) is 0 Å². The minimum Gasteiger partial charge on any atom is -0.476 e. The first-order chi connectivity index (χ1) is 9.10. The molecule has 0 spiro atoms. The van der Waals surface area contributed by atoms with Gasteiger partial charge in [-0.15, -0.1) is 0 Å². The van der Waals surface area contributed by atoms with Crippen LogP contribution in [0.25, 0.3) is 0 Å². The van der Waals surface area contributed by atoms with Gasteiger partial charge in [0.1, 0.15) is 6.61 Å². The number of hydrogen-bond donors (Lipinski definition) is 3. The van der Waals surface area contributed by atoms with Gasteiger partial charge in [-0.3, -0.25) is 0 Å². The first kappa shape index (κ1) is 13.6. The zero-order chi connectivity index (χ0) is 13.8. The van der Waals surface area contributed by atoms with Crippen LogP contribution in [0, 0.1) is 12.8 Å². The average molecular weight is 266 g/mol. The van der Waals surface area contributed by atoms with Crippen molar-refractivity contribution in [3.8, 4) is 5.88 Å². The molecule has 1 aromatic rings. The highest BCUT2D eigenvalue weighted by atomic mass is 16.5. The number of nitrogens with one attached hydrogen (secondary N) is 1. The third kappa shape index (κ3) is 3.35. The number of nitrogens with zero attached hydrogens (tertiary/aromatic N) is 1. The summed E-state index contributed by atoms with van der Waals surface area (Å²) in [5.74, 6) is 0.793. The van der Waals surface area contributed by atoms with E-state index in [1.807, 2.05) is 13.0 Å². The van der Waals surface area contributed by atoms with E-state index in [4.69, 9.17) is 9.84 Å². The topological polar surface area (TPSA) is 91.7 Å². The van der Waals surface area contributed by atoms with Crippen LogP contribution >= 0.6 is 0 Å². The third-order valence-electron chi connectivity index (χ3n) is 3.29. The molecule has 2 rings (SSSR count). The van der Waals surface area contributed by atoms with Gasteiger partial charge in [-0.25, -0.2) is 9.78 Å². The van der Waals surface area contributed by atoms with Crippen molar-refractivity contribution in [1.29, 1.82) is 0 Å². The number of fused-ring (bicyclic) bond motifs is 1. The van der Waals surface area contributed by atoms with E-state index >= 15 is 0 Å². The number of pyridine rings is 1. The van der Waals surface area contributed by atoms with E-state index in [9.17, 15) is 9.90 Å². The minimum atomic E-state index is -1.06. The molecule has 1 unspecified atom stereocenters. The van der Waals surface area contributed by atoms with Gasteiger partial charge in [0.05, 0.1) is 6.54 Å². The average Bonchev–Trinajstić information content (AvgIpc) is 2.78. The largest absolute Gasteiger partial charge is 0.476 e. The molecule has 1 heterocycles. The van der Waals surface area contributed by atoms with Crippen molar-refractivity contribution in [2.75, 3.05) is 19.8 Å². The van der Waals surface area contributed by atoms with Crippen molar-refractivity contribution >= 4 is 6.09 Å². The molecule has 104 valence electrons. The highest BCUT2D eigenvalue weighted by Crippen LogP contribution is 2.30. The molecule has 0 radical (unpaired) electrons. The van der Waals surface area contributed by atoms with E-state index in [-0.39, 0.29) is 25.7 Å².